The molecule has 2 amide bonds. The van der Waals surface area contributed by atoms with E-state index in [1.54, 1.807) is 35.0 Å². The van der Waals surface area contributed by atoms with Gasteiger partial charge in [-0.2, -0.15) is 0 Å². The topological polar surface area (TPSA) is 88.1 Å². The van der Waals surface area contributed by atoms with Crippen molar-refractivity contribution in [3.63, 3.8) is 0 Å². The molecule has 1 aliphatic rings. The minimum atomic E-state index is -1.04. The van der Waals surface area contributed by atoms with Gasteiger partial charge in [-0.1, -0.05) is 20.8 Å². The van der Waals surface area contributed by atoms with Gasteiger partial charge < -0.3 is 24.8 Å². The number of likely N-dealkylation sites (tertiary alicyclic amines) is 1. The molecule has 0 aromatic carbocycles. The molecule has 3 atom stereocenters. The van der Waals surface area contributed by atoms with Gasteiger partial charge in [-0.25, -0.2) is 9.59 Å². The van der Waals surface area contributed by atoms with Gasteiger partial charge in [0.2, 0.25) is 0 Å². The van der Waals surface area contributed by atoms with E-state index < -0.39 is 23.5 Å². The number of hydrogen-bond acceptors (Lipinski definition) is 4. The van der Waals surface area contributed by atoms with Gasteiger partial charge >= 0.3 is 12.0 Å². The molecule has 1 saturated heterocycles. The summed E-state index contributed by atoms with van der Waals surface area (Å²) >= 11 is 0. The van der Waals surface area contributed by atoms with Crippen molar-refractivity contribution in [1.29, 1.82) is 0 Å². The van der Waals surface area contributed by atoms with Crippen LogP contribution in [0, 0.1) is 5.41 Å². The van der Waals surface area contributed by atoms with Crippen LogP contribution in [0.4, 0.5) is 4.79 Å². The lowest BCUT2D eigenvalue weighted by Gasteiger charge is -2.29. The number of ether oxygens (including phenoxy) is 2. The Balaban J connectivity index is 2.69. The Kier molecular flexibility index (Phi) is 5.35. The Morgan fingerprint density at radius 2 is 1.65 bits per heavy atom. The first-order valence-electron chi connectivity index (χ1n) is 6.54. The molecule has 7 nitrogen and oxygen atoms in total. The number of methoxy groups -OCH3 is 2. The standard InChI is InChI=1S/C13H24N2O5/c1-13(2,3)10(11(16)17)14-12(18)15-6-8(19-4)9(7-15)20-5/h8-10H,6-7H2,1-5H3,(H,14,18)(H,16,17). The van der Waals surface area contributed by atoms with E-state index in [1.807, 2.05) is 0 Å². The highest BCUT2D eigenvalue weighted by Crippen LogP contribution is 2.21. The first-order valence-corrected chi connectivity index (χ1v) is 6.54. The molecule has 0 aliphatic carbocycles. The Labute approximate surface area is 119 Å². The second-order valence-corrected chi connectivity index (χ2v) is 6.04. The Bertz CT molecular complexity index is 354. The van der Waals surface area contributed by atoms with Crippen LogP contribution in [0.25, 0.3) is 0 Å². The Morgan fingerprint density at radius 1 is 1.20 bits per heavy atom. The first-order chi connectivity index (χ1) is 9.20. The number of carboxylic acid groups (broad SMARTS) is 1. The lowest BCUT2D eigenvalue weighted by Crippen LogP contribution is -2.53. The van der Waals surface area contributed by atoms with Gasteiger partial charge in [0.15, 0.2) is 0 Å². The monoisotopic (exact) mass is 288 g/mol. The molecule has 1 heterocycles. The van der Waals surface area contributed by atoms with Gasteiger partial charge in [0.05, 0.1) is 13.1 Å². The number of urea groups is 1. The van der Waals surface area contributed by atoms with Crippen LogP contribution in [0.2, 0.25) is 0 Å². The summed E-state index contributed by atoms with van der Waals surface area (Å²) in [7, 11) is 3.13. The summed E-state index contributed by atoms with van der Waals surface area (Å²) in [5.41, 5.74) is -0.567. The SMILES string of the molecule is COC1CN(C(=O)NC(C(=O)O)C(C)(C)C)CC1OC. The second-order valence-electron chi connectivity index (χ2n) is 6.04. The zero-order chi connectivity index (χ0) is 15.5. The molecule has 0 radical (unpaired) electrons. The lowest BCUT2D eigenvalue weighted by molar-refractivity contribution is -0.142. The van der Waals surface area contributed by atoms with Gasteiger partial charge in [0, 0.05) is 14.2 Å². The van der Waals surface area contributed by atoms with Crippen molar-refractivity contribution >= 4 is 12.0 Å². The van der Waals surface area contributed by atoms with Gasteiger partial charge in [-0.15, -0.1) is 0 Å². The van der Waals surface area contributed by atoms with E-state index in [0.717, 1.165) is 0 Å². The van der Waals surface area contributed by atoms with E-state index in [-0.39, 0.29) is 12.2 Å². The predicted octanol–water partition coefficient (Wildman–Crippen LogP) is 0.541. The highest BCUT2D eigenvalue weighted by Gasteiger charge is 2.39. The molecule has 20 heavy (non-hydrogen) atoms. The van der Waals surface area contributed by atoms with Crippen LogP contribution in [-0.2, 0) is 14.3 Å². The molecule has 0 aromatic rings. The number of carbonyl (C=O) groups excluding carboxylic acids is 1. The highest BCUT2D eigenvalue weighted by molar-refractivity contribution is 5.83. The van der Waals surface area contributed by atoms with Crippen molar-refractivity contribution in [1.82, 2.24) is 10.2 Å². The number of hydrogen-bond donors (Lipinski definition) is 2. The van der Waals surface area contributed by atoms with Crippen LogP contribution >= 0.6 is 0 Å². The van der Waals surface area contributed by atoms with Crippen molar-refractivity contribution in [3.8, 4) is 0 Å². The molecule has 1 fully saturated rings. The third-order valence-corrected chi connectivity index (χ3v) is 3.49. The fraction of sp³-hybridized carbons (Fsp3) is 0.846. The average Bonchev–Trinajstić information content (AvgIpc) is 2.76. The summed E-state index contributed by atoms with van der Waals surface area (Å²) in [6.45, 7) is 6.08. The second kappa shape index (κ2) is 6.41. The van der Waals surface area contributed by atoms with Crippen LogP contribution in [0.1, 0.15) is 20.8 Å². The molecule has 3 unspecified atom stereocenters. The summed E-state index contributed by atoms with van der Waals surface area (Å²) in [6.07, 6.45) is -0.382. The van der Waals surface area contributed by atoms with E-state index >= 15 is 0 Å². The molecule has 0 bridgehead atoms. The third kappa shape index (κ3) is 3.83. The van der Waals surface area contributed by atoms with E-state index in [0.29, 0.717) is 13.1 Å². The van der Waals surface area contributed by atoms with Crippen molar-refractivity contribution < 1.29 is 24.2 Å². The summed E-state index contributed by atoms with van der Waals surface area (Å²) in [5.74, 6) is -1.04. The van der Waals surface area contributed by atoms with Crippen molar-refractivity contribution in [3.05, 3.63) is 0 Å². The highest BCUT2D eigenvalue weighted by atomic mass is 16.5. The van der Waals surface area contributed by atoms with Gasteiger partial charge in [-0.3, -0.25) is 0 Å². The predicted molar refractivity (Wildman–Crippen MR) is 72.6 cm³/mol. The van der Waals surface area contributed by atoms with Crippen LogP contribution in [0.5, 0.6) is 0 Å². The van der Waals surface area contributed by atoms with Crippen molar-refractivity contribution in [2.24, 2.45) is 5.41 Å². The number of carboxylic acids is 1. The number of rotatable bonds is 4. The maximum absolute atomic E-state index is 12.2. The molecule has 7 heteroatoms. The fourth-order valence-corrected chi connectivity index (χ4v) is 2.23. The summed E-state index contributed by atoms with van der Waals surface area (Å²) < 4.78 is 10.5. The maximum atomic E-state index is 12.2. The number of nitrogens with zero attached hydrogens (tertiary/aromatic N) is 1. The van der Waals surface area contributed by atoms with Gasteiger partial charge in [0.25, 0.3) is 0 Å². The number of aliphatic carboxylic acids is 1. The van der Waals surface area contributed by atoms with Gasteiger partial charge in [-0.05, 0) is 5.41 Å². The Morgan fingerprint density at radius 3 is 1.95 bits per heavy atom. The van der Waals surface area contributed by atoms with Gasteiger partial charge in [0.1, 0.15) is 18.2 Å². The van der Waals surface area contributed by atoms with E-state index in [2.05, 4.69) is 5.32 Å². The maximum Gasteiger partial charge on any atom is 0.326 e. The third-order valence-electron chi connectivity index (χ3n) is 3.49. The molecule has 116 valence electrons. The molecule has 1 aliphatic heterocycles. The Hall–Kier alpha value is -1.34. The number of nitrogens with one attached hydrogen (secondary N) is 1. The first kappa shape index (κ1) is 16.7. The molecule has 2 N–H and O–H groups in total. The molecular formula is C13H24N2O5. The zero-order valence-electron chi connectivity index (χ0n) is 12.7. The van der Waals surface area contributed by atoms with Crippen molar-refractivity contribution in [2.75, 3.05) is 27.3 Å². The average molecular weight is 288 g/mol. The van der Waals surface area contributed by atoms with Crippen LogP contribution in [0.15, 0.2) is 0 Å². The molecule has 0 aromatic heterocycles. The lowest BCUT2D eigenvalue weighted by atomic mass is 9.87. The minimum absolute atomic E-state index is 0.191. The van der Waals surface area contributed by atoms with Crippen molar-refractivity contribution in [2.45, 2.75) is 39.0 Å². The number of carbonyl (C=O) groups is 2. The molecule has 0 spiro atoms. The van der Waals surface area contributed by atoms with Crippen LogP contribution in [-0.4, -0.2) is 67.6 Å². The van der Waals surface area contributed by atoms with E-state index in [9.17, 15) is 14.7 Å². The summed E-state index contributed by atoms with van der Waals surface area (Å²) in [5, 5.41) is 11.8. The van der Waals surface area contributed by atoms with Crippen LogP contribution < -0.4 is 5.32 Å². The van der Waals surface area contributed by atoms with E-state index in [4.69, 9.17) is 9.47 Å². The quantitative estimate of drug-likeness (QED) is 0.788. The summed E-state index contributed by atoms with van der Waals surface area (Å²) in [4.78, 5) is 24.9. The summed E-state index contributed by atoms with van der Waals surface area (Å²) in [6, 6.07) is -1.36. The zero-order valence-corrected chi connectivity index (χ0v) is 12.7. The fourth-order valence-electron chi connectivity index (χ4n) is 2.23. The van der Waals surface area contributed by atoms with E-state index in [1.165, 1.54) is 4.90 Å². The molecular weight excluding hydrogens is 264 g/mol. The number of amides is 2. The minimum Gasteiger partial charge on any atom is -0.480 e. The largest absolute Gasteiger partial charge is 0.480 e. The molecule has 1 rings (SSSR count). The smallest absolute Gasteiger partial charge is 0.326 e. The van der Waals surface area contributed by atoms with Crippen LogP contribution in [0.3, 0.4) is 0 Å². The molecule has 0 saturated carbocycles. The normalized spacial score (nSPS) is 24.6.